The minimum Gasteiger partial charge on any atom is -0.455 e. The van der Waals surface area contributed by atoms with E-state index in [0.717, 1.165) is 6.08 Å². The Kier molecular flexibility index (Phi) is 4.94. The quantitative estimate of drug-likeness (QED) is 0.375. The van der Waals surface area contributed by atoms with Crippen molar-refractivity contribution in [2.45, 2.75) is 83.0 Å². The molecule has 178 valence electrons. The molecule has 2 unspecified atom stereocenters. The van der Waals surface area contributed by atoms with Crippen molar-refractivity contribution >= 4 is 11.8 Å². The van der Waals surface area contributed by atoms with Gasteiger partial charge in [0.2, 0.25) is 0 Å². The van der Waals surface area contributed by atoms with E-state index in [2.05, 4.69) is 0 Å². The Morgan fingerprint density at radius 3 is 2.50 bits per heavy atom. The Morgan fingerprint density at radius 1 is 1.31 bits per heavy atom. The van der Waals surface area contributed by atoms with E-state index in [9.17, 15) is 30.0 Å². The minimum atomic E-state index is -2.35. The van der Waals surface area contributed by atoms with Crippen LogP contribution in [0.1, 0.15) is 53.9 Å². The maximum Gasteiger partial charge on any atom is 0.306 e. The van der Waals surface area contributed by atoms with Gasteiger partial charge in [0.1, 0.15) is 11.7 Å². The molecule has 0 radical (unpaired) electrons. The number of ketones is 1. The zero-order chi connectivity index (χ0) is 24.1. The predicted octanol–water partition coefficient (Wildman–Crippen LogP) is 1.37. The highest BCUT2D eigenvalue weighted by Crippen LogP contribution is 2.77. The number of rotatable bonds is 4. The highest BCUT2D eigenvalue weighted by Gasteiger charge is 2.91. The van der Waals surface area contributed by atoms with Crippen molar-refractivity contribution < 1.29 is 39.1 Å². The fourth-order valence-electron chi connectivity index (χ4n) is 7.04. The van der Waals surface area contributed by atoms with E-state index in [-0.39, 0.29) is 18.4 Å². The van der Waals surface area contributed by atoms with E-state index < -0.39 is 70.1 Å². The summed E-state index contributed by atoms with van der Waals surface area (Å²) in [6.07, 6.45) is -0.0331. The average Bonchev–Trinajstić information content (AvgIpc) is 2.96. The van der Waals surface area contributed by atoms with E-state index in [1.165, 1.54) is 6.08 Å². The molecular formula is C24H33FO7. The number of fused-ring (bicyclic) bond motifs is 3. The topological polar surface area (TPSA) is 124 Å². The lowest BCUT2D eigenvalue weighted by atomic mass is 9.58. The van der Waals surface area contributed by atoms with Crippen molar-refractivity contribution in [2.24, 2.45) is 22.7 Å². The Hall–Kier alpha value is -1.61. The summed E-state index contributed by atoms with van der Waals surface area (Å²) >= 11 is 0. The first-order valence-electron chi connectivity index (χ1n) is 11.3. The fourth-order valence-corrected chi connectivity index (χ4v) is 7.04. The Morgan fingerprint density at radius 2 is 1.94 bits per heavy atom. The normalized spacial score (nSPS) is 48.6. The molecule has 32 heavy (non-hydrogen) atoms. The molecule has 2 fully saturated rings. The summed E-state index contributed by atoms with van der Waals surface area (Å²) in [7, 11) is 0. The number of aliphatic hydroxyl groups is 4. The molecule has 0 amide bonds. The van der Waals surface area contributed by atoms with Gasteiger partial charge in [-0.1, -0.05) is 39.8 Å². The largest absolute Gasteiger partial charge is 0.455 e. The van der Waals surface area contributed by atoms with Crippen molar-refractivity contribution in [1.29, 1.82) is 0 Å². The van der Waals surface area contributed by atoms with Gasteiger partial charge < -0.3 is 25.2 Å². The van der Waals surface area contributed by atoms with Crippen LogP contribution in [-0.4, -0.2) is 67.9 Å². The van der Waals surface area contributed by atoms with E-state index in [1.807, 2.05) is 0 Å². The number of esters is 1. The number of halogens is 1. The number of Topliss-reactive ketones (excluding diaryl/α,β-unsaturated/α-hetero) is 1. The standard InChI is InChI=1S/C24H33FO7/c1-6-7-16(27)32-19-12(2)9-21-13(3)10-22(30)20(4,5)24(22,25)15(18(21)29)8-14(11-26)17(28)23(19,21)31/h8-9,13,15,17,19,26,28,30-31H,6-7,10-11H2,1-5H3/t13?,15-,17-,19+,21?,22-,23+,24+/m1/s1. The van der Waals surface area contributed by atoms with Crippen molar-refractivity contribution in [3.8, 4) is 0 Å². The van der Waals surface area contributed by atoms with E-state index in [0.29, 0.717) is 12.0 Å². The van der Waals surface area contributed by atoms with Gasteiger partial charge in [0.25, 0.3) is 0 Å². The van der Waals surface area contributed by atoms with Crippen molar-refractivity contribution in [3.63, 3.8) is 0 Å². The molecule has 8 atom stereocenters. The molecule has 4 rings (SSSR count). The van der Waals surface area contributed by atoms with Crippen LogP contribution in [0.5, 0.6) is 0 Å². The third-order valence-electron chi connectivity index (χ3n) is 8.95. The van der Waals surface area contributed by atoms with Crippen LogP contribution in [-0.2, 0) is 14.3 Å². The van der Waals surface area contributed by atoms with Crippen molar-refractivity contribution in [2.75, 3.05) is 6.61 Å². The minimum absolute atomic E-state index is 0.0826. The Bertz CT molecular complexity index is 941. The molecule has 4 N–H and O–H groups in total. The summed E-state index contributed by atoms with van der Waals surface area (Å²) in [5.41, 5.74) is -9.35. The van der Waals surface area contributed by atoms with Gasteiger partial charge in [0.15, 0.2) is 23.2 Å². The monoisotopic (exact) mass is 452 g/mol. The van der Waals surface area contributed by atoms with Crippen molar-refractivity contribution in [1.82, 2.24) is 0 Å². The molecule has 2 saturated carbocycles. The van der Waals surface area contributed by atoms with Crippen LogP contribution in [0.4, 0.5) is 4.39 Å². The SMILES string of the molecule is CCCC(=O)O[C@H]1C(C)=CC23C(=O)[C@@H](C=C(CO)[C@@H](O)[C@]12O)[C@]1(F)C(C)(C)[C@]1(O)CC3C. The lowest BCUT2D eigenvalue weighted by Gasteiger charge is -2.48. The molecule has 0 saturated heterocycles. The van der Waals surface area contributed by atoms with Gasteiger partial charge in [-0.25, -0.2) is 4.39 Å². The molecule has 0 aromatic rings. The highest BCUT2D eigenvalue weighted by atomic mass is 19.1. The maximum absolute atomic E-state index is 16.5. The molecule has 8 heteroatoms. The van der Waals surface area contributed by atoms with Crippen LogP contribution in [0.2, 0.25) is 0 Å². The third-order valence-corrected chi connectivity index (χ3v) is 8.95. The number of alkyl halides is 1. The van der Waals surface area contributed by atoms with E-state index in [4.69, 9.17) is 4.74 Å². The van der Waals surface area contributed by atoms with Gasteiger partial charge in [-0.05, 0) is 36.8 Å². The summed E-state index contributed by atoms with van der Waals surface area (Å²) in [6, 6.07) is 0. The van der Waals surface area contributed by atoms with E-state index in [1.54, 1.807) is 34.6 Å². The zero-order valence-corrected chi connectivity index (χ0v) is 19.2. The fraction of sp³-hybridized carbons (Fsp3) is 0.750. The Balaban J connectivity index is 1.97. The van der Waals surface area contributed by atoms with Gasteiger partial charge in [-0.15, -0.1) is 0 Å². The van der Waals surface area contributed by atoms with Crippen LogP contribution >= 0.6 is 0 Å². The van der Waals surface area contributed by atoms with E-state index >= 15 is 4.39 Å². The summed E-state index contributed by atoms with van der Waals surface area (Å²) in [5, 5.41) is 44.8. The summed E-state index contributed by atoms with van der Waals surface area (Å²) in [5.74, 6) is -3.57. The second-order valence-electron chi connectivity index (χ2n) is 10.6. The number of ether oxygens (including phenoxy) is 1. The highest BCUT2D eigenvalue weighted by molar-refractivity contribution is 5.97. The number of allylic oxidation sites excluding steroid dienone is 1. The lowest BCUT2D eigenvalue weighted by molar-refractivity contribution is -0.204. The molecule has 7 nitrogen and oxygen atoms in total. The molecule has 4 aliphatic rings. The van der Waals surface area contributed by atoms with Gasteiger partial charge in [-0.3, -0.25) is 9.59 Å². The molecule has 0 aromatic heterocycles. The first kappa shape index (κ1) is 23.5. The summed E-state index contributed by atoms with van der Waals surface area (Å²) in [6.45, 7) is 7.38. The average molecular weight is 453 g/mol. The van der Waals surface area contributed by atoms with Crippen molar-refractivity contribution in [3.05, 3.63) is 23.3 Å². The second-order valence-corrected chi connectivity index (χ2v) is 10.6. The third kappa shape index (κ3) is 2.25. The molecule has 0 aliphatic heterocycles. The second kappa shape index (κ2) is 6.72. The lowest BCUT2D eigenvalue weighted by Crippen LogP contribution is -2.66. The first-order chi connectivity index (χ1) is 14.7. The van der Waals surface area contributed by atoms with Crippen LogP contribution in [0, 0.1) is 22.7 Å². The molecule has 0 aromatic carbocycles. The van der Waals surface area contributed by atoms with Crippen LogP contribution < -0.4 is 0 Å². The molecule has 1 spiro atoms. The summed E-state index contributed by atoms with van der Waals surface area (Å²) in [4.78, 5) is 26.5. The first-order valence-corrected chi connectivity index (χ1v) is 11.3. The molecular weight excluding hydrogens is 419 g/mol. The van der Waals surface area contributed by atoms with Gasteiger partial charge in [-0.2, -0.15) is 0 Å². The number of hydrogen-bond donors (Lipinski definition) is 4. The number of carbonyl (C=O) groups excluding carboxylic acids is 2. The predicted molar refractivity (Wildman–Crippen MR) is 112 cm³/mol. The van der Waals surface area contributed by atoms with Crippen LogP contribution in [0.3, 0.4) is 0 Å². The van der Waals surface area contributed by atoms with Gasteiger partial charge in [0.05, 0.1) is 17.9 Å². The molecule has 4 aliphatic carbocycles. The van der Waals surface area contributed by atoms with Gasteiger partial charge in [0, 0.05) is 11.8 Å². The maximum atomic E-state index is 16.5. The van der Waals surface area contributed by atoms with Crippen LogP contribution in [0.25, 0.3) is 0 Å². The zero-order valence-electron chi connectivity index (χ0n) is 19.2. The number of hydrogen-bond acceptors (Lipinski definition) is 7. The Labute approximate surface area is 187 Å². The number of aliphatic hydroxyl groups excluding tert-OH is 2. The summed E-state index contributed by atoms with van der Waals surface area (Å²) < 4.78 is 22.1. The van der Waals surface area contributed by atoms with Crippen LogP contribution in [0.15, 0.2) is 23.3 Å². The smallest absolute Gasteiger partial charge is 0.306 e. The molecule has 2 bridgehead atoms. The van der Waals surface area contributed by atoms with Gasteiger partial charge >= 0.3 is 5.97 Å². The molecule has 0 heterocycles. The number of carbonyl (C=O) groups is 2.